The van der Waals surface area contributed by atoms with Gasteiger partial charge in [0.15, 0.2) is 0 Å². The molecule has 0 bridgehead atoms. The lowest BCUT2D eigenvalue weighted by atomic mass is 9.82. The predicted molar refractivity (Wildman–Crippen MR) is 76.7 cm³/mol. The zero-order valence-electron chi connectivity index (χ0n) is 12.3. The van der Waals surface area contributed by atoms with Crippen molar-refractivity contribution in [1.29, 1.82) is 0 Å². The predicted octanol–water partition coefficient (Wildman–Crippen LogP) is 3.03. The van der Waals surface area contributed by atoms with E-state index in [1.165, 1.54) is 64.6 Å². The molecule has 0 aromatic rings. The zero-order valence-corrected chi connectivity index (χ0v) is 12.3. The van der Waals surface area contributed by atoms with E-state index in [4.69, 9.17) is 0 Å². The van der Waals surface area contributed by atoms with Gasteiger partial charge < -0.3 is 5.32 Å². The molecule has 104 valence electrons. The van der Waals surface area contributed by atoms with E-state index < -0.39 is 0 Å². The number of rotatable bonds is 5. The number of piperazine rings is 1. The molecule has 3 aliphatic rings. The second-order valence-electron chi connectivity index (χ2n) is 7.00. The van der Waals surface area contributed by atoms with Crippen LogP contribution in [0.2, 0.25) is 0 Å². The fourth-order valence-electron chi connectivity index (χ4n) is 3.89. The maximum absolute atomic E-state index is 3.90. The van der Waals surface area contributed by atoms with Crippen LogP contribution in [0.1, 0.15) is 58.8 Å². The summed E-state index contributed by atoms with van der Waals surface area (Å²) in [6, 6.07) is 0.858. The molecule has 1 saturated heterocycles. The van der Waals surface area contributed by atoms with E-state index in [1.807, 2.05) is 0 Å². The molecule has 0 spiro atoms. The normalized spacial score (nSPS) is 33.3. The van der Waals surface area contributed by atoms with Crippen LogP contribution in [0.3, 0.4) is 0 Å². The van der Waals surface area contributed by atoms with Crippen molar-refractivity contribution in [2.75, 3.05) is 19.6 Å². The smallest absolute Gasteiger partial charge is 0.0304 e. The molecule has 1 heterocycles. The van der Waals surface area contributed by atoms with Crippen molar-refractivity contribution in [3.05, 3.63) is 0 Å². The van der Waals surface area contributed by atoms with Crippen molar-refractivity contribution >= 4 is 0 Å². The van der Waals surface area contributed by atoms with Crippen molar-refractivity contribution in [1.82, 2.24) is 10.2 Å². The molecule has 0 aromatic heterocycles. The van der Waals surface area contributed by atoms with Crippen LogP contribution in [0.5, 0.6) is 0 Å². The first-order valence-corrected chi connectivity index (χ1v) is 8.25. The van der Waals surface area contributed by atoms with Crippen LogP contribution in [0.25, 0.3) is 0 Å². The van der Waals surface area contributed by atoms with Crippen LogP contribution in [0.4, 0.5) is 0 Å². The summed E-state index contributed by atoms with van der Waals surface area (Å²) in [6.07, 6.45) is 10.00. The Balaban J connectivity index is 1.66. The van der Waals surface area contributed by atoms with Crippen LogP contribution in [0.15, 0.2) is 0 Å². The van der Waals surface area contributed by atoms with E-state index in [0.717, 1.165) is 17.9 Å². The molecule has 0 radical (unpaired) electrons. The lowest BCUT2D eigenvalue weighted by molar-refractivity contribution is 0.0374. The van der Waals surface area contributed by atoms with Gasteiger partial charge in [-0.25, -0.2) is 0 Å². The van der Waals surface area contributed by atoms with Crippen LogP contribution < -0.4 is 5.32 Å². The molecule has 0 aromatic carbocycles. The van der Waals surface area contributed by atoms with Gasteiger partial charge in [-0.2, -0.15) is 0 Å². The highest BCUT2D eigenvalue weighted by Gasteiger charge is 2.43. The maximum atomic E-state index is 3.90. The van der Waals surface area contributed by atoms with E-state index in [2.05, 4.69) is 24.1 Å². The van der Waals surface area contributed by atoms with Crippen LogP contribution in [-0.2, 0) is 0 Å². The van der Waals surface area contributed by atoms with Crippen molar-refractivity contribution in [2.24, 2.45) is 11.8 Å². The average Bonchev–Trinajstić information content (AvgIpc) is 3.18. The minimum atomic E-state index is 0.412. The van der Waals surface area contributed by atoms with E-state index in [-0.39, 0.29) is 0 Å². The van der Waals surface area contributed by atoms with E-state index in [1.54, 1.807) is 0 Å². The summed E-state index contributed by atoms with van der Waals surface area (Å²) in [4.78, 5) is 2.88. The van der Waals surface area contributed by atoms with Crippen LogP contribution in [-0.4, -0.2) is 36.1 Å². The minimum Gasteiger partial charge on any atom is -0.308 e. The molecule has 2 heteroatoms. The lowest BCUT2D eigenvalue weighted by Gasteiger charge is -2.49. The molecule has 3 fully saturated rings. The Morgan fingerprint density at radius 2 is 1.83 bits per heavy atom. The molecule has 1 aliphatic heterocycles. The van der Waals surface area contributed by atoms with Crippen molar-refractivity contribution in [3.8, 4) is 0 Å². The van der Waals surface area contributed by atoms with Crippen molar-refractivity contribution in [2.45, 2.75) is 70.4 Å². The highest BCUT2D eigenvalue weighted by Crippen LogP contribution is 2.39. The molecular formula is C16H30N2. The Hall–Kier alpha value is -0.0800. The number of hydrogen-bond acceptors (Lipinski definition) is 2. The van der Waals surface area contributed by atoms with Crippen LogP contribution >= 0.6 is 0 Å². The van der Waals surface area contributed by atoms with Crippen LogP contribution in [0, 0.1) is 11.8 Å². The molecule has 2 aliphatic carbocycles. The lowest BCUT2D eigenvalue weighted by Crippen LogP contribution is -2.65. The van der Waals surface area contributed by atoms with Gasteiger partial charge in [-0.15, -0.1) is 0 Å². The van der Waals surface area contributed by atoms with Gasteiger partial charge in [0, 0.05) is 31.2 Å². The van der Waals surface area contributed by atoms with E-state index in [9.17, 15) is 0 Å². The second-order valence-corrected chi connectivity index (χ2v) is 7.00. The first-order valence-electron chi connectivity index (χ1n) is 8.25. The van der Waals surface area contributed by atoms with E-state index >= 15 is 0 Å². The topological polar surface area (TPSA) is 15.3 Å². The third-order valence-electron chi connectivity index (χ3n) is 5.90. The largest absolute Gasteiger partial charge is 0.308 e. The summed E-state index contributed by atoms with van der Waals surface area (Å²) in [6.45, 7) is 8.66. The fraction of sp³-hybridized carbons (Fsp3) is 1.00. The quantitative estimate of drug-likeness (QED) is 0.807. The Bertz CT molecular complexity index is 277. The summed E-state index contributed by atoms with van der Waals surface area (Å²) in [5, 5.41) is 3.90. The highest BCUT2D eigenvalue weighted by atomic mass is 15.3. The maximum Gasteiger partial charge on any atom is 0.0304 e. The molecule has 2 saturated carbocycles. The summed E-state index contributed by atoms with van der Waals surface area (Å²) in [7, 11) is 0. The molecule has 2 nitrogen and oxygen atoms in total. The molecule has 18 heavy (non-hydrogen) atoms. The molecule has 0 amide bonds. The summed E-state index contributed by atoms with van der Waals surface area (Å²) in [5.74, 6) is 2.04. The molecule has 1 atom stereocenters. The van der Waals surface area contributed by atoms with Gasteiger partial charge in [0.25, 0.3) is 0 Å². The van der Waals surface area contributed by atoms with E-state index in [0.29, 0.717) is 5.54 Å². The summed E-state index contributed by atoms with van der Waals surface area (Å²) >= 11 is 0. The van der Waals surface area contributed by atoms with Crippen molar-refractivity contribution < 1.29 is 0 Å². The minimum absolute atomic E-state index is 0.412. The molecule has 1 N–H and O–H groups in total. The fourth-order valence-corrected chi connectivity index (χ4v) is 3.89. The first kappa shape index (κ1) is 12.9. The monoisotopic (exact) mass is 250 g/mol. The van der Waals surface area contributed by atoms with Gasteiger partial charge >= 0.3 is 0 Å². The second kappa shape index (κ2) is 5.13. The average molecular weight is 250 g/mol. The molecule has 1 unspecified atom stereocenters. The number of hydrogen-bond donors (Lipinski definition) is 1. The molecule has 3 rings (SSSR count). The highest BCUT2D eigenvalue weighted by molar-refractivity contribution is 5.01. The first-order chi connectivity index (χ1) is 8.76. The Kier molecular flexibility index (Phi) is 3.68. The standard InChI is InChI=1S/C16H30N2/c1-3-16(4-2)12-18(11-13-6-5-7-13)15(10-17-16)14-8-9-14/h13-15,17H,3-12H2,1-2H3. The summed E-state index contributed by atoms with van der Waals surface area (Å²) < 4.78 is 0. The Morgan fingerprint density at radius 1 is 1.11 bits per heavy atom. The van der Waals surface area contributed by atoms with Gasteiger partial charge in [0.05, 0.1) is 0 Å². The zero-order chi connectivity index (χ0) is 12.6. The third-order valence-corrected chi connectivity index (χ3v) is 5.90. The van der Waals surface area contributed by atoms with Gasteiger partial charge in [-0.1, -0.05) is 20.3 Å². The molecular weight excluding hydrogens is 220 g/mol. The van der Waals surface area contributed by atoms with Gasteiger partial charge in [-0.05, 0) is 50.4 Å². The number of nitrogens with one attached hydrogen (secondary N) is 1. The number of nitrogens with zero attached hydrogens (tertiary/aromatic N) is 1. The van der Waals surface area contributed by atoms with Gasteiger partial charge in [-0.3, -0.25) is 4.90 Å². The third kappa shape index (κ3) is 2.46. The van der Waals surface area contributed by atoms with Gasteiger partial charge in [0.2, 0.25) is 0 Å². The Labute approximate surface area is 113 Å². The van der Waals surface area contributed by atoms with Crippen molar-refractivity contribution in [3.63, 3.8) is 0 Å². The SMILES string of the molecule is CCC1(CC)CN(CC2CCC2)C(C2CC2)CN1. The summed E-state index contributed by atoms with van der Waals surface area (Å²) in [5.41, 5.74) is 0.412. The van der Waals surface area contributed by atoms with Gasteiger partial charge in [0.1, 0.15) is 0 Å². The Morgan fingerprint density at radius 3 is 2.33 bits per heavy atom.